The van der Waals surface area contributed by atoms with Crippen molar-refractivity contribution in [2.75, 3.05) is 22.8 Å². The topological polar surface area (TPSA) is 75.7 Å². The molecule has 1 N–H and O–H groups in total. The van der Waals surface area contributed by atoms with Crippen molar-refractivity contribution in [3.8, 4) is 5.75 Å². The van der Waals surface area contributed by atoms with E-state index in [1.54, 1.807) is 61.5 Å². The summed E-state index contributed by atoms with van der Waals surface area (Å²) < 4.78 is 33.7. The van der Waals surface area contributed by atoms with E-state index in [1.165, 1.54) is 4.31 Å². The zero-order valence-electron chi connectivity index (χ0n) is 16.3. The molecule has 0 aliphatic carbocycles. The highest BCUT2D eigenvalue weighted by Gasteiger charge is 2.23. The number of sulfonamides is 1. The Morgan fingerprint density at radius 3 is 2.20 bits per heavy atom. The van der Waals surface area contributed by atoms with Crippen LogP contribution in [0.15, 0.2) is 83.8 Å². The SMILES string of the molecule is CCN(c1ccc(OCC(=O)Nc2ccc(I)cc2)cc1)S(=O)(=O)c1ccccc1. The maximum Gasteiger partial charge on any atom is 0.264 e. The summed E-state index contributed by atoms with van der Waals surface area (Å²) in [5, 5.41) is 2.76. The molecule has 6 nitrogen and oxygen atoms in total. The average molecular weight is 536 g/mol. The summed E-state index contributed by atoms with van der Waals surface area (Å²) in [7, 11) is -3.65. The summed E-state index contributed by atoms with van der Waals surface area (Å²) in [4.78, 5) is 12.3. The normalized spacial score (nSPS) is 11.0. The Labute approximate surface area is 190 Å². The number of ether oxygens (including phenoxy) is 1. The fourth-order valence-corrected chi connectivity index (χ4v) is 4.65. The maximum absolute atomic E-state index is 12.9. The van der Waals surface area contributed by atoms with Crippen LogP contribution < -0.4 is 14.4 Å². The van der Waals surface area contributed by atoms with Gasteiger partial charge in [0.15, 0.2) is 6.61 Å². The number of amides is 1. The van der Waals surface area contributed by atoms with E-state index < -0.39 is 10.0 Å². The van der Waals surface area contributed by atoms with Gasteiger partial charge in [0, 0.05) is 15.8 Å². The lowest BCUT2D eigenvalue weighted by Gasteiger charge is -2.23. The third kappa shape index (κ3) is 5.51. The third-order valence-corrected chi connectivity index (χ3v) is 6.88. The van der Waals surface area contributed by atoms with Crippen LogP contribution in [0.1, 0.15) is 6.92 Å². The Balaban J connectivity index is 1.63. The van der Waals surface area contributed by atoms with Crippen LogP contribution in [-0.2, 0) is 14.8 Å². The van der Waals surface area contributed by atoms with E-state index in [2.05, 4.69) is 27.9 Å². The van der Waals surface area contributed by atoms with E-state index in [4.69, 9.17) is 4.74 Å². The Kier molecular flexibility index (Phi) is 7.33. The van der Waals surface area contributed by atoms with Crippen LogP contribution in [0, 0.1) is 3.57 Å². The summed E-state index contributed by atoms with van der Waals surface area (Å²) in [6, 6.07) is 22.4. The maximum atomic E-state index is 12.9. The van der Waals surface area contributed by atoms with Gasteiger partial charge in [0.1, 0.15) is 5.75 Å². The summed E-state index contributed by atoms with van der Waals surface area (Å²) in [5.74, 6) is 0.201. The summed E-state index contributed by atoms with van der Waals surface area (Å²) in [5.41, 5.74) is 1.22. The molecule has 0 bridgehead atoms. The lowest BCUT2D eigenvalue weighted by atomic mass is 10.3. The quantitative estimate of drug-likeness (QED) is 0.430. The predicted octanol–water partition coefficient (Wildman–Crippen LogP) is 4.52. The van der Waals surface area contributed by atoms with Crippen LogP contribution in [0.4, 0.5) is 11.4 Å². The largest absolute Gasteiger partial charge is 0.484 e. The number of halogens is 1. The van der Waals surface area contributed by atoms with Gasteiger partial charge >= 0.3 is 0 Å². The minimum absolute atomic E-state index is 0.148. The first-order valence-electron chi connectivity index (χ1n) is 9.26. The minimum atomic E-state index is -3.65. The minimum Gasteiger partial charge on any atom is -0.484 e. The van der Waals surface area contributed by atoms with Gasteiger partial charge in [-0.2, -0.15) is 0 Å². The predicted molar refractivity (Wildman–Crippen MR) is 126 cm³/mol. The summed E-state index contributed by atoms with van der Waals surface area (Å²) in [6.07, 6.45) is 0. The van der Waals surface area contributed by atoms with Crippen LogP contribution in [0.2, 0.25) is 0 Å². The number of rotatable bonds is 8. The Bertz CT molecular complexity index is 1090. The molecule has 0 radical (unpaired) electrons. The highest BCUT2D eigenvalue weighted by atomic mass is 127. The third-order valence-electron chi connectivity index (χ3n) is 4.24. The molecular weight excluding hydrogens is 515 g/mol. The molecule has 3 aromatic rings. The van der Waals surface area contributed by atoms with Gasteiger partial charge in [0.25, 0.3) is 15.9 Å². The molecule has 0 saturated heterocycles. The highest BCUT2D eigenvalue weighted by molar-refractivity contribution is 14.1. The van der Waals surface area contributed by atoms with E-state index in [1.807, 2.05) is 24.3 Å². The van der Waals surface area contributed by atoms with Gasteiger partial charge in [0.05, 0.1) is 10.6 Å². The number of benzene rings is 3. The van der Waals surface area contributed by atoms with Crippen LogP contribution in [0.5, 0.6) is 5.75 Å². The average Bonchev–Trinajstić information content (AvgIpc) is 2.76. The molecular formula is C22H21IN2O4S. The Morgan fingerprint density at radius 1 is 0.967 bits per heavy atom. The van der Waals surface area contributed by atoms with E-state index in [9.17, 15) is 13.2 Å². The standard InChI is InChI=1S/C22H21IN2O4S/c1-2-25(30(27,28)21-6-4-3-5-7-21)19-12-14-20(15-13-19)29-16-22(26)24-18-10-8-17(23)9-11-18/h3-15H,2,16H2,1H3,(H,24,26). The molecule has 0 atom stereocenters. The number of hydrogen-bond acceptors (Lipinski definition) is 4. The van der Waals surface area contributed by atoms with Gasteiger partial charge in [-0.3, -0.25) is 9.10 Å². The van der Waals surface area contributed by atoms with Crippen molar-refractivity contribution in [1.29, 1.82) is 0 Å². The number of carbonyl (C=O) groups excluding carboxylic acids is 1. The molecule has 3 rings (SSSR count). The second-order valence-electron chi connectivity index (χ2n) is 6.32. The van der Waals surface area contributed by atoms with Gasteiger partial charge in [-0.25, -0.2) is 8.42 Å². The lowest BCUT2D eigenvalue weighted by molar-refractivity contribution is -0.118. The second kappa shape index (κ2) is 9.94. The molecule has 0 saturated carbocycles. The number of anilines is 2. The van der Waals surface area contributed by atoms with Gasteiger partial charge in [-0.15, -0.1) is 0 Å². The van der Waals surface area contributed by atoms with Crippen molar-refractivity contribution in [2.24, 2.45) is 0 Å². The van der Waals surface area contributed by atoms with Gasteiger partial charge < -0.3 is 10.1 Å². The molecule has 8 heteroatoms. The van der Waals surface area contributed by atoms with E-state index in [-0.39, 0.29) is 24.0 Å². The van der Waals surface area contributed by atoms with Crippen molar-refractivity contribution in [2.45, 2.75) is 11.8 Å². The van der Waals surface area contributed by atoms with Crippen molar-refractivity contribution < 1.29 is 17.9 Å². The zero-order valence-corrected chi connectivity index (χ0v) is 19.3. The smallest absolute Gasteiger partial charge is 0.264 e. The van der Waals surface area contributed by atoms with Crippen LogP contribution in [0.3, 0.4) is 0 Å². The fraction of sp³-hybridized carbons (Fsp3) is 0.136. The number of nitrogens with one attached hydrogen (secondary N) is 1. The molecule has 0 unspecified atom stereocenters. The monoisotopic (exact) mass is 536 g/mol. The van der Waals surface area contributed by atoms with Crippen LogP contribution >= 0.6 is 22.6 Å². The lowest BCUT2D eigenvalue weighted by Crippen LogP contribution is -2.30. The van der Waals surface area contributed by atoms with Crippen LogP contribution in [0.25, 0.3) is 0 Å². The molecule has 156 valence electrons. The van der Waals surface area contributed by atoms with Crippen LogP contribution in [-0.4, -0.2) is 27.5 Å². The Morgan fingerprint density at radius 2 is 1.60 bits per heavy atom. The first-order valence-corrected chi connectivity index (χ1v) is 11.8. The van der Waals surface area contributed by atoms with E-state index >= 15 is 0 Å². The molecule has 0 aliphatic heterocycles. The number of carbonyl (C=O) groups is 1. The number of nitrogens with zero attached hydrogens (tertiary/aromatic N) is 1. The molecule has 0 aliphatic rings. The zero-order chi connectivity index (χ0) is 21.6. The highest BCUT2D eigenvalue weighted by Crippen LogP contribution is 2.25. The second-order valence-corrected chi connectivity index (χ2v) is 9.43. The first kappa shape index (κ1) is 22.1. The molecule has 0 aromatic heterocycles. The fourth-order valence-electron chi connectivity index (χ4n) is 2.80. The van der Waals surface area contributed by atoms with Crippen molar-refractivity contribution in [3.05, 3.63) is 82.4 Å². The Hall–Kier alpha value is -2.59. The van der Waals surface area contributed by atoms with Crippen molar-refractivity contribution >= 4 is 49.9 Å². The van der Waals surface area contributed by atoms with Gasteiger partial charge in [-0.05, 0) is 90.2 Å². The molecule has 0 heterocycles. The van der Waals surface area contributed by atoms with Crippen molar-refractivity contribution in [1.82, 2.24) is 0 Å². The molecule has 3 aromatic carbocycles. The molecule has 0 fully saturated rings. The summed E-state index contributed by atoms with van der Waals surface area (Å²) >= 11 is 2.19. The summed E-state index contributed by atoms with van der Waals surface area (Å²) in [6.45, 7) is 1.92. The van der Waals surface area contributed by atoms with E-state index in [0.29, 0.717) is 17.1 Å². The molecule has 0 spiro atoms. The molecule has 30 heavy (non-hydrogen) atoms. The van der Waals surface area contributed by atoms with Gasteiger partial charge in [0.2, 0.25) is 0 Å². The number of hydrogen-bond donors (Lipinski definition) is 1. The molecule has 1 amide bonds. The van der Waals surface area contributed by atoms with E-state index in [0.717, 1.165) is 3.57 Å². The van der Waals surface area contributed by atoms with Crippen molar-refractivity contribution in [3.63, 3.8) is 0 Å². The van der Waals surface area contributed by atoms with Gasteiger partial charge in [-0.1, -0.05) is 18.2 Å². The first-order chi connectivity index (χ1) is 14.4.